The maximum atomic E-state index is 9.93. The van der Waals surface area contributed by atoms with Crippen LogP contribution in [0.25, 0.3) is 10.8 Å². The number of phenols is 1. The van der Waals surface area contributed by atoms with Gasteiger partial charge in [-0.25, -0.2) is 9.67 Å². The third-order valence-electron chi connectivity index (χ3n) is 3.35. The minimum atomic E-state index is 0.305. The minimum Gasteiger partial charge on any atom is -0.507 e. The van der Waals surface area contributed by atoms with Crippen molar-refractivity contribution in [2.45, 2.75) is 30.5 Å². The third kappa shape index (κ3) is 2.74. The van der Waals surface area contributed by atoms with Crippen LogP contribution in [-0.2, 0) is 5.75 Å². The lowest BCUT2D eigenvalue weighted by atomic mass is 10.1. The number of rotatable bonds is 4. The molecule has 0 saturated carbocycles. The molecule has 0 radical (unpaired) electrons. The van der Waals surface area contributed by atoms with Crippen molar-refractivity contribution in [1.82, 2.24) is 14.8 Å². The molecule has 1 N–H and O–H groups in total. The summed E-state index contributed by atoms with van der Waals surface area (Å²) in [6, 6.07) is 11.9. The Bertz CT molecular complexity index is 767. The van der Waals surface area contributed by atoms with Gasteiger partial charge in [-0.1, -0.05) is 24.3 Å². The monoisotopic (exact) mass is 299 g/mol. The molecule has 5 heteroatoms. The predicted octanol–water partition coefficient (Wildman–Crippen LogP) is 4.01. The van der Waals surface area contributed by atoms with E-state index >= 15 is 0 Å². The van der Waals surface area contributed by atoms with Crippen LogP contribution in [0.15, 0.2) is 47.6 Å². The first-order valence-electron chi connectivity index (χ1n) is 6.88. The fourth-order valence-electron chi connectivity index (χ4n) is 2.33. The molecule has 0 aliphatic heterocycles. The molecule has 2 aromatic carbocycles. The van der Waals surface area contributed by atoms with Crippen molar-refractivity contribution in [3.8, 4) is 5.75 Å². The van der Waals surface area contributed by atoms with Crippen molar-refractivity contribution < 1.29 is 5.11 Å². The summed E-state index contributed by atoms with van der Waals surface area (Å²) in [7, 11) is 0. The number of fused-ring (bicyclic) bond motifs is 1. The van der Waals surface area contributed by atoms with Gasteiger partial charge in [-0.05, 0) is 31.4 Å². The summed E-state index contributed by atoms with van der Waals surface area (Å²) in [4.78, 5) is 5.47. The van der Waals surface area contributed by atoms with Crippen LogP contribution in [0, 0.1) is 0 Å². The molecule has 0 fully saturated rings. The van der Waals surface area contributed by atoms with Crippen LogP contribution in [0.4, 0.5) is 0 Å². The first kappa shape index (κ1) is 13.9. The van der Waals surface area contributed by atoms with Crippen LogP contribution in [-0.4, -0.2) is 19.9 Å². The Kier molecular flexibility index (Phi) is 3.84. The van der Waals surface area contributed by atoms with E-state index in [0.717, 1.165) is 27.2 Å². The van der Waals surface area contributed by atoms with Gasteiger partial charge < -0.3 is 5.11 Å². The number of phenolic OH excluding ortho intramolecular Hbond substituents is 1. The van der Waals surface area contributed by atoms with E-state index in [9.17, 15) is 5.11 Å². The van der Waals surface area contributed by atoms with Gasteiger partial charge in [-0.15, -0.1) is 11.8 Å². The molecule has 4 nitrogen and oxygen atoms in total. The van der Waals surface area contributed by atoms with Crippen molar-refractivity contribution in [2.24, 2.45) is 0 Å². The fourth-order valence-corrected chi connectivity index (χ4v) is 3.32. The SMILES string of the molecule is CC(C)n1ncnc1CSc1ccc(O)c2ccccc12. The predicted molar refractivity (Wildman–Crippen MR) is 85.6 cm³/mol. The minimum absolute atomic E-state index is 0.305. The van der Waals surface area contributed by atoms with Crippen LogP contribution < -0.4 is 0 Å². The molecule has 0 amide bonds. The standard InChI is InChI=1S/C16H17N3OS/c1-11(2)19-16(17-10-18-19)9-21-15-8-7-14(20)12-5-3-4-6-13(12)15/h3-8,10-11,20H,9H2,1-2H3. The zero-order valence-electron chi connectivity index (χ0n) is 12.0. The molecule has 1 heterocycles. The molecule has 0 aliphatic rings. The third-order valence-corrected chi connectivity index (χ3v) is 4.42. The summed E-state index contributed by atoms with van der Waals surface area (Å²) < 4.78 is 1.94. The fraction of sp³-hybridized carbons (Fsp3) is 0.250. The molecule has 0 atom stereocenters. The molecule has 1 aromatic heterocycles. The molecule has 0 saturated heterocycles. The number of benzene rings is 2. The summed E-state index contributed by atoms with van der Waals surface area (Å²) in [5.41, 5.74) is 0. The Morgan fingerprint density at radius 3 is 2.67 bits per heavy atom. The normalized spacial score (nSPS) is 11.4. The van der Waals surface area contributed by atoms with Crippen LogP contribution in [0.3, 0.4) is 0 Å². The Morgan fingerprint density at radius 2 is 1.90 bits per heavy atom. The highest BCUT2D eigenvalue weighted by Gasteiger charge is 2.10. The van der Waals surface area contributed by atoms with Crippen LogP contribution in [0.5, 0.6) is 5.75 Å². The lowest BCUT2D eigenvalue weighted by Crippen LogP contribution is -2.07. The van der Waals surface area contributed by atoms with E-state index in [1.54, 1.807) is 24.2 Å². The first-order chi connectivity index (χ1) is 10.2. The maximum Gasteiger partial charge on any atom is 0.138 e. The number of nitrogens with zero attached hydrogens (tertiary/aromatic N) is 3. The molecule has 3 aromatic rings. The van der Waals surface area contributed by atoms with Crippen molar-refractivity contribution in [3.05, 3.63) is 48.5 Å². The topological polar surface area (TPSA) is 50.9 Å². The zero-order chi connectivity index (χ0) is 14.8. The molecule has 0 unspecified atom stereocenters. The second-order valence-corrected chi connectivity index (χ2v) is 6.15. The number of aromatic hydroxyl groups is 1. The lowest BCUT2D eigenvalue weighted by molar-refractivity contribution is 0.481. The van der Waals surface area contributed by atoms with Gasteiger partial charge in [0.2, 0.25) is 0 Å². The van der Waals surface area contributed by atoms with E-state index in [2.05, 4.69) is 23.9 Å². The second kappa shape index (κ2) is 5.77. The second-order valence-electron chi connectivity index (χ2n) is 5.13. The first-order valence-corrected chi connectivity index (χ1v) is 7.87. The quantitative estimate of drug-likeness (QED) is 0.740. The Labute approximate surface area is 127 Å². The summed E-state index contributed by atoms with van der Waals surface area (Å²) in [5.74, 6) is 2.04. The van der Waals surface area contributed by atoms with Crippen molar-refractivity contribution in [1.29, 1.82) is 0 Å². The highest BCUT2D eigenvalue weighted by molar-refractivity contribution is 7.98. The summed E-state index contributed by atoms with van der Waals surface area (Å²) in [5, 5.41) is 16.1. The maximum absolute atomic E-state index is 9.93. The molecule has 0 bridgehead atoms. The van der Waals surface area contributed by atoms with Crippen molar-refractivity contribution in [3.63, 3.8) is 0 Å². The molecule has 108 valence electrons. The van der Waals surface area contributed by atoms with Gasteiger partial charge in [-0.2, -0.15) is 5.10 Å². The summed E-state index contributed by atoms with van der Waals surface area (Å²) in [6.45, 7) is 4.19. The van der Waals surface area contributed by atoms with E-state index in [1.807, 2.05) is 35.0 Å². The molecular weight excluding hydrogens is 282 g/mol. The molecule has 0 spiro atoms. The zero-order valence-corrected chi connectivity index (χ0v) is 12.8. The smallest absolute Gasteiger partial charge is 0.138 e. The largest absolute Gasteiger partial charge is 0.507 e. The highest BCUT2D eigenvalue weighted by atomic mass is 32.2. The van der Waals surface area contributed by atoms with Gasteiger partial charge in [0, 0.05) is 16.3 Å². The summed E-state index contributed by atoms with van der Waals surface area (Å²) >= 11 is 1.71. The highest BCUT2D eigenvalue weighted by Crippen LogP contribution is 2.34. The number of hydrogen-bond acceptors (Lipinski definition) is 4. The molecular formula is C16H17N3OS. The van der Waals surface area contributed by atoms with E-state index in [1.165, 1.54) is 0 Å². The number of aromatic nitrogens is 3. The van der Waals surface area contributed by atoms with Gasteiger partial charge in [0.1, 0.15) is 17.9 Å². The lowest BCUT2D eigenvalue weighted by Gasteiger charge is -2.10. The van der Waals surface area contributed by atoms with Crippen molar-refractivity contribution >= 4 is 22.5 Å². The van der Waals surface area contributed by atoms with Crippen molar-refractivity contribution in [2.75, 3.05) is 0 Å². The molecule has 0 aliphatic carbocycles. The Balaban J connectivity index is 1.89. The molecule has 21 heavy (non-hydrogen) atoms. The van der Waals surface area contributed by atoms with Gasteiger partial charge in [0.05, 0.1) is 5.75 Å². The van der Waals surface area contributed by atoms with E-state index < -0.39 is 0 Å². The Hall–Kier alpha value is -2.01. The summed E-state index contributed by atoms with van der Waals surface area (Å²) in [6.07, 6.45) is 1.60. The van der Waals surface area contributed by atoms with Gasteiger partial charge >= 0.3 is 0 Å². The van der Waals surface area contributed by atoms with Crippen LogP contribution in [0.1, 0.15) is 25.7 Å². The van der Waals surface area contributed by atoms with Crippen LogP contribution in [0.2, 0.25) is 0 Å². The average molecular weight is 299 g/mol. The molecule has 3 rings (SSSR count). The van der Waals surface area contributed by atoms with E-state index in [4.69, 9.17) is 0 Å². The number of thioether (sulfide) groups is 1. The average Bonchev–Trinajstić information content (AvgIpc) is 2.96. The van der Waals surface area contributed by atoms with E-state index in [0.29, 0.717) is 11.8 Å². The van der Waals surface area contributed by atoms with Crippen LogP contribution >= 0.6 is 11.8 Å². The van der Waals surface area contributed by atoms with Gasteiger partial charge in [-0.3, -0.25) is 0 Å². The van der Waals surface area contributed by atoms with Gasteiger partial charge in [0.15, 0.2) is 0 Å². The van der Waals surface area contributed by atoms with E-state index in [-0.39, 0.29) is 0 Å². The Morgan fingerprint density at radius 1 is 1.14 bits per heavy atom. The van der Waals surface area contributed by atoms with Gasteiger partial charge in [0.25, 0.3) is 0 Å². The number of hydrogen-bond donors (Lipinski definition) is 1.